The molecule has 1 N–H and O–H groups in total. The van der Waals surface area contributed by atoms with Gasteiger partial charge >= 0.3 is 6.01 Å². The van der Waals surface area contributed by atoms with Gasteiger partial charge in [-0.25, -0.2) is 0 Å². The van der Waals surface area contributed by atoms with E-state index < -0.39 is 0 Å². The van der Waals surface area contributed by atoms with Crippen molar-refractivity contribution in [1.82, 2.24) is 10.2 Å². The first-order chi connectivity index (χ1) is 7.15. The van der Waals surface area contributed by atoms with Crippen molar-refractivity contribution in [3.63, 3.8) is 0 Å². The van der Waals surface area contributed by atoms with Crippen LogP contribution in [0.5, 0.6) is 0 Å². The Balaban J connectivity index is 1.88. The predicted molar refractivity (Wildman–Crippen MR) is 59.0 cm³/mol. The number of alkyl halides is 1. The molecule has 0 radical (unpaired) electrons. The van der Waals surface area contributed by atoms with Crippen molar-refractivity contribution < 1.29 is 4.42 Å². The molecule has 1 aromatic heterocycles. The lowest BCUT2D eigenvalue weighted by Crippen LogP contribution is -2.14. The summed E-state index contributed by atoms with van der Waals surface area (Å²) >= 11 is 5.82. The molecule has 0 saturated heterocycles. The Kier molecular flexibility index (Phi) is 2.87. The lowest BCUT2D eigenvalue weighted by molar-refractivity contribution is 0.481. The minimum Gasteiger partial charge on any atom is -0.407 e. The van der Waals surface area contributed by atoms with E-state index >= 15 is 0 Å². The third kappa shape index (κ3) is 2.43. The zero-order valence-electron chi connectivity index (χ0n) is 9.09. The van der Waals surface area contributed by atoms with E-state index in [1.807, 2.05) is 6.92 Å². The highest BCUT2D eigenvalue weighted by Gasteiger charge is 2.40. The maximum atomic E-state index is 5.82. The number of halogens is 1. The van der Waals surface area contributed by atoms with Gasteiger partial charge in [0.15, 0.2) is 0 Å². The summed E-state index contributed by atoms with van der Waals surface area (Å²) in [5, 5.41) is 10.7. The zero-order valence-corrected chi connectivity index (χ0v) is 9.84. The molecule has 1 saturated carbocycles. The van der Waals surface area contributed by atoms with E-state index in [0.29, 0.717) is 17.3 Å². The first-order valence-electron chi connectivity index (χ1n) is 5.36. The second-order valence-corrected chi connectivity index (χ2v) is 4.92. The molecule has 0 amide bonds. The Morgan fingerprint density at radius 2 is 2.27 bits per heavy atom. The fraction of sp³-hybridized carbons (Fsp3) is 0.800. The predicted octanol–water partition coefficient (Wildman–Crippen LogP) is 2.97. The Morgan fingerprint density at radius 1 is 1.53 bits per heavy atom. The van der Waals surface area contributed by atoms with Crippen LogP contribution < -0.4 is 5.32 Å². The van der Waals surface area contributed by atoms with Crippen LogP contribution >= 0.6 is 11.6 Å². The zero-order chi connectivity index (χ0) is 10.9. The van der Waals surface area contributed by atoms with E-state index in [1.54, 1.807) is 0 Å². The first kappa shape index (κ1) is 10.7. The van der Waals surface area contributed by atoms with Crippen LogP contribution in [0.4, 0.5) is 6.01 Å². The van der Waals surface area contributed by atoms with Crippen LogP contribution in [0.25, 0.3) is 0 Å². The van der Waals surface area contributed by atoms with Gasteiger partial charge in [-0.15, -0.1) is 16.7 Å². The van der Waals surface area contributed by atoms with Crippen LogP contribution in [0.1, 0.15) is 44.4 Å². The largest absolute Gasteiger partial charge is 0.407 e. The number of nitrogens with one attached hydrogen (secondary N) is 1. The summed E-state index contributed by atoms with van der Waals surface area (Å²) < 4.78 is 5.35. The molecule has 2 rings (SSSR count). The SMILES string of the molecule is CCC1(CNc2nnc(C(C)Cl)o2)CC1. The molecule has 0 bridgehead atoms. The average molecular weight is 230 g/mol. The van der Waals surface area contributed by atoms with Crippen molar-refractivity contribution in [3.8, 4) is 0 Å². The van der Waals surface area contributed by atoms with Crippen molar-refractivity contribution in [2.24, 2.45) is 5.41 Å². The molecule has 1 aliphatic carbocycles. The van der Waals surface area contributed by atoms with Gasteiger partial charge in [-0.05, 0) is 31.6 Å². The molecule has 0 aliphatic heterocycles. The fourth-order valence-electron chi connectivity index (χ4n) is 1.56. The number of nitrogens with zero attached hydrogens (tertiary/aromatic N) is 2. The van der Waals surface area contributed by atoms with Crippen molar-refractivity contribution >= 4 is 17.6 Å². The minimum absolute atomic E-state index is 0.228. The van der Waals surface area contributed by atoms with Crippen LogP contribution in [-0.4, -0.2) is 16.7 Å². The Hall–Kier alpha value is -0.770. The number of anilines is 1. The van der Waals surface area contributed by atoms with E-state index in [9.17, 15) is 0 Å². The van der Waals surface area contributed by atoms with Gasteiger partial charge in [-0.2, -0.15) is 0 Å². The summed E-state index contributed by atoms with van der Waals surface area (Å²) in [6.07, 6.45) is 3.79. The van der Waals surface area contributed by atoms with Gasteiger partial charge in [-0.3, -0.25) is 0 Å². The quantitative estimate of drug-likeness (QED) is 0.789. The van der Waals surface area contributed by atoms with E-state index in [1.165, 1.54) is 19.3 Å². The summed E-state index contributed by atoms with van der Waals surface area (Å²) in [7, 11) is 0. The second kappa shape index (κ2) is 4.00. The van der Waals surface area contributed by atoms with Crippen molar-refractivity contribution in [2.45, 2.75) is 38.5 Å². The van der Waals surface area contributed by atoms with Gasteiger partial charge in [0, 0.05) is 6.54 Å². The van der Waals surface area contributed by atoms with E-state index in [-0.39, 0.29) is 5.38 Å². The number of rotatable bonds is 5. The molecular weight excluding hydrogens is 214 g/mol. The van der Waals surface area contributed by atoms with Crippen molar-refractivity contribution in [2.75, 3.05) is 11.9 Å². The van der Waals surface area contributed by atoms with Gasteiger partial charge in [0.25, 0.3) is 0 Å². The van der Waals surface area contributed by atoms with Crippen LogP contribution in [0.2, 0.25) is 0 Å². The highest BCUT2D eigenvalue weighted by molar-refractivity contribution is 6.20. The maximum absolute atomic E-state index is 5.82. The Morgan fingerprint density at radius 3 is 2.73 bits per heavy atom. The summed E-state index contributed by atoms with van der Waals surface area (Å²) in [4.78, 5) is 0. The van der Waals surface area contributed by atoms with E-state index in [0.717, 1.165) is 6.54 Å². The van der Waals surface area contributed by atoms with E-state index in [2.05, 4.69) is 22.4 Å². The Bertz CT molecular complexity index is 333. The molecule has 84 valence electrons. The molecule has 15 heavy (non-hydrogen) atoms. The number of hydrogen-bond acceptors (Lipinski definition) is 4. The molecule has 1 atom stereocenters. The van der Waals surface area contributed by atoms with Crippen molar-refractivity contribution in [3.05, 3.63) is 5.89 Å². The van der Waals surface area contributed by atoms with Gasteiger partial charge in [0.1, 0.15) is 5.38 Å². The summed E-state index contributed by atoms with van der Waals surface area (Å²) in [5.41, 5.74) is 0.473. The van der Waals surface area contributed by atoms with Crippen LogP contribution in [0.3, 0.4) is 0 Å². The molecule has 0 spiro atoms. The molecule has 1 aromatic rings. The van der Waals surface area contributed by atoms with Crippen LogP contribution in [0.15, 0.2) is 4.42 Å². The summed E-state index contributed by atoms with van der Waals surface area (Å²) in [6, 6.07) is 0.484. The Labute approximate surface area is 94.4 Å². The standard InChI is InChI=1S/C10H16ClN3O/c1-3-10(4-5-10)6-12-9-14-13-8(15-9)7(2)11/h7H,3-6H2,1-2H3,(H,12,14). The van der Waals surface area contributed by atoms with Gasteiger partial charge in [0.2, 0.25) is 5.89 Å². The molecule has 4 nitrogen and oxygen atoms in total. The molecule has 1 heterocycles. The maximum Gasteiger partial charge on any atom is 0.315 e. The summed E-state index contributed by atoms with van der Waals surface area (Å²) in [6.45, 7) is 4.95. The lowest BCUT2D eigenvalue weighted by Gasteiger charge is -2.11. The smallest absolute Gasteiger partial charge is 0.315 e. The fourth-order valence-corrected chi connectivity index (χ4v) is 1.65. The van der Waals surface area contributed by atoms with Gasteiger partial charge in [-0.1, -0.05) is 12.0 Å². The monoisotopic (exact) mass is 229 g/mol. The molecule has 5 heteroatoms. The molecule has 0 aromatic carbocycles. The molecule has 1 aliphatic rings. The van der Waals surface area contributed by atoms with E-state index in [4.69, 9.17) is 16.0 Å². The topological polar surface area (TPSA) is 51.0 Å². The first-order valence-corrected chi connectivity index (χ1v) is 5.80. The van der Waals surface area contributed by atoms with Crippen molar-refractivity contribution in [1.29, 1.82) is 0 Å². The average Bonchev–Trinajstić information content (AvgIpc) is 2.85. The highest BCUT2D eigenvalue weighted by Crippen LogP contribution is 2.48. The second-order valence-electron chi connectivity index (χ2n) is 4.27. The van der Waals surface area contributed by atoms with Gasteiger partial charge < -0.3 is 9.73 Å². The normalized spacial score (nSPS) is 19.9. The minimum atomic E-state index is -0.228. The molecular formula is C10H16ClN3O. The summed E-state index contributed by atoms with van der Waals surface area (Å²) in [5.74, 6) is 0.473. The third-order valence-corrected chi connectivity index (χ3v) is 3.29. The van der Waals surface area contributed by atoms with Crippen LogP contribution in [-0.2, 0) is 0 Å². The highest BCUT2D eigenvalue weighted by atomic mass is 35.5. The number of hydrogen-bond donors (Lipinski definition) is 1. The lowest BCUT2D eigenvalue weighted by atomic mass is 10.0. The number of aromatic nitrogens is 2. The molecule has 1 fully saturated rings. The molecule has 1 unspecified atom stereocenters. The van der Waals surface area contributed by atoms with Gasteiger partial charge in [0.05, 0.1) is 0 Å². The van der Waals surface area contributed by atoms with Crippen LogP contribution in [0, 0.1) is 5.41 Å². The third-order valence-electron chi connectivity index (χ3n) is 3.10.